The highest BCUT2D eigenvalue weighted by atomic mass is 79.9. The zero-order chi connectivity index (χ0) is 14.5. The molecule has 2 aromatic carbocycles. The largest absolute Gasteiger partial charge is 0.399 e. The van der Waals surface area contributed by atoms with Crippen LogP contribution >= 0.6 is 15.9 Å². The van der Waals surface area contributed by atoms with Gasteiger partial charge in [0, 0.05) is 12.2 Å². The molecule has 0 atom stereocenters. The predicted octanol–water partition coefficient (Wildman–Crippen LogP) is 3.70. The lowest BCUT2D eigenvalue weighted by Gasteiger charge is -2.09. The Morgan fingerprint density at radius 3 is 2.55 bits per heavy atom. The van der Waals surface area contributed by atoms with E-state index in [1.807, 2.05) is 30.3 Å². The molecule has 0 amide bonds. The summed E-state index contributed by atoms with van der Waals surface area (Å²) >= 11 is 3.08. The van der Waals surface area contributed by atoms with E-state index in [4.69, 9.17) is 11.0 Å². The van der Waals surface area contributed by atoms with Crippen molar-refractivity contribution in [2.75, 3.05) is 17.6 Å². The molecule has 5 heteroatoms. The molecule has 0 radical (unpaired) electrons. The van der Waals surface area contributed by atoms with Gasteiger partial charge in [-0.25, -0.2) is 4.39 Å². The van der Waals surface area contributed by atoms with Crippen molar-refractivity contribution in [3.8, 4) is 6.07 Å². The summed E-state index contributed by atoms with van der Waals surface area (Å²) in [4.78, 5) is 0. The summed E-state index contributed by atoms with van der Waals surface area (Å²) in [6, 6.07) is 12.7. The first-order valence-corrected chi connectivity index (χ1v) is 6.87. The Hall–Kier alpha value is -2.06. The Kier molecular flexibility index (Phi) is 4.59. The minimum atomic E-state index is -0.443. The van der Waals surface area contributed by atoms with E-state index in [9.17, 15) is 4.39 Å². The number of nitrogens with one attached hydrogen (secondary N) is 1. The van der Waals surface area contributed by atoms with Crippen LogP contribution in [0.5, 0.6) is 0 Å². The number of benzene rings is 2. The van der Waals surface area contributed by atoms with Crippen molar-refractivity contribution in [2.24, 2.45) is 0 Å². The number of hydrogen-bond acceptors (Lipinski definition) is 3. The third-order valence-corrected chi connectivity index (χ3v) is 3.69. The van der Waals surface area contributed by atoms with Crippen molar-refractivity contribution in [1.29, 1.82) is 5.26 Å². The van der Waals surface area contributed by atoms with Crippen LogP contribution in [0, 0.1) is 17.1 Å². The number of anilines is 2. The molecule has 0 aromatic heterocycles. The van der Waals surface area contributed by atoms with Gasteiger partial charge in [0.2, 0.25) is 0 Å². The first-order chi connectivity index (χ1) is 9.61. The number of rotatable bonds is 4. The summed E-state index contributed by atoms with van der Waals surface area (Å²) < 4.78 is 14.1. The average Bonchev–Trinajstić information content (AvgIpc) is 2.46. The molecule has 0 aliphatic rings. The van der Waals surface area contributed by atoms with Gasteiger partial charge in [0.25, 0.3) is 0 Å². The predicted molar refractivity (Wildman–Crippen MR) is 81.9 cm³/mol. The second-order valence-corrected chi connectivity index (χ2v) is 5.11. The molecule has 0 unspecified atom stereocenters. The molecule has 0 bridgehead atoms. The lowest BCUT2D eigenvalue weighted by Crippen LogP contribution is -2.07. The van der Waals surface area contributed by atoms with Crippen LogP contribution < -0.4 is 11.1 Å². The second-order valence-electron chi connectivity index (χ2n) is 4.32. The number of halogens is 2. The lowest BCUT2D eigenvalue weighted by atomic mass is 10.1. The molecule has 0 saturated heterocycles. The molecule has 20 heavy (non-hydrogen) atoms. The van der Waals surface area contributed by atoms with Crippen LogP contribution in [-0.4, -0.2) is 6.54 Å². The Morgan fingerprint density at radius 1 is 1.20 bits per heavy atom. The molecule has 102 valence electrons. The van der Waals surface area contributed by atoms with Gasteiger partial charge >= 0.3 is 0 Å². The molecule has 0 saturated carbocycles. The van der Waals surface area contributed by atoms with Crippen LogP contribution in [0.1, 0.15) is 11.1 Å². The van der Waals surface area contributed by atoms with Gasteiger partial charge in [0.15, 0.2) is 5.82 Å². The summed E-state index contributed by atoms with van der Waals surface area (Å²) in [7, 11) is 0. The van der Waals surface area contributed by atoms with Gasteiger partial charge in [-0.1, -0.05) is 12.1 Å². The smallest absolute Gasteiger partial charge is 0.161 e. The highest BCUT2D eigenvalue weighted by Gasteiger charge is 2.10. The highest BCUT2D eigenvalue weighted by molar-refractivity contribution is 9.10. The van der Waals surface area contributed by atoms with E-state index in [-0.39, 0.29) is 10.0 Å². The third-order valence-electron chi connectivity index (χ3n) is 2.91. The van der Waals surface area contributed by atoms with Crippen molar-refractivity contribution in [1.82, 2.24) is 0 Å². The zero-order valence-corrected chi connectivity index (χ0v) is 12.2. The van der Waals surface area contributed by atoms with Gasteiger partial charge in [0.05, 0.1) is 15.7 Å². The first-order valence-electron chi connectivity index (χ1n) is 6.08. The Balaban J connectivity index is 2.00. The lowest BCUT2D eigenvalue weighted by molar-refractivity contribution is 0.623. The minimum Gasteiger partial charge on any atom is -0.399 e. The van der Waals surface area contributed by atoms with Crippen molar-refractivity contribution in [3.05, 3.63) is 57.8 Å². The van der Waals surface area contributed by atoms with E-state index in [2.05, 4.69) is 21.2 Å². The summed E-state index contributed by atoms with van der Waals surface area (Å²) in [6.07, 6.45) is 0.761. The van der Waals surface area contributed by atoms with Gasteiger partial charge in [-0.05, 0) is 52.2 Å². The van der Waals surface area contributed by atoms with Crippen LogP contribution in [0.4, 0.5) is 15.8 Å². The van der Waals surface area contributed by atoms with Crippen molar-refractivity contribution in [2.45, 2.75) is 6.42 Å². The van der Waals surface area contributed by atoms with Gasteiger partial charge in [0.1, 0.15) is 6.07 Å². The normalized spacial score (nSPS) is 10.1. The maximum Gasteiger partial charge on any atom is 0.161 e. The van der Waals surface area contributed by atoms with Gasteiger partial charge in [-0.3, -0.25) is 0 Å². The van der Waals surface area contributed by atoms with Crippen molar-refractivity contribution < 1.29 is 4.39 Å². The average molecular weight is 334 g/mol. The molecule has 0 aliphatic heterocycles. The van der Waals surface area contributed by atoms with Gasteiger partial charge < -0.3 is 11.1 Å². The van der Waals surface area contributed by atoms with E-state index in [1.54, 1.807) is 12.1 Å². The number of hydrogen-bond donors (Lipinski definition) is 2. The van der Waals surface area contributed by atoms with Crippen LogP contribution in [0.3, 0.4) is 0 Å². The molecular weight excluding hydrogens is 321 g/mol. The fourth-order valence-corrected chi connectivity index (χ4v) is 2.23. The van der Waals surface area contributed by atoms with E-state index >= 15 is 0 Å². The molecule has 0 spiro atoms. The number of nitriles is 1. The Bertz CT molecular complexity index is 647. The molecule has 0 aliphatic carbocycles. The standard InChI is InChI=1S/C15H13BrFN3/c16-14-11(9-18)3-6-13(15(14)17)20-8-7-10-1-4-12(19)5-2-10/h1-6,20H,7-8,19H2. The van der Waals surface area contributed by atoms with E-state index in [0.717, 1.165) is 17.7 Å². The van der Waals surface area contributed by atoms with Crippen molar-refractivity contribution in [3.63, 3.8) is 0 Å². The molecule has 3 nitrogen and oxygen atoms in total. The molecule has 2 rings (SSSR count). The van der Waals surface area contributed by atoms with Crippen LogP contribution in [0.15, 0.2) is 40.9 Å². The maximum absolute atomic E-state index is 14.0. The fraction of sp³-hybridized carbons (Fsp3) is 0.133. The Labute approximate surface area is 125 Å². The summed E-state index contributed by atoms with van der Waals surface area (Å²) in [6.45, 7) is 0.596. The second kappa shape index (κ2) is 6.40. The van der Waals surface area contributed by atoms with E-state index < -0.39 is 5.82 Å². The SMILES string of the molecule is N#Cc1ccc(NCCc2ccc(N)cc2)c(F)c1Br. The number of nitrogens with two attached hydrogens (primary N) is 1. The topological polar surface area (TPSA) is 61.8 Å². The van der Waals surface area contributed by atoms with Crippen LogP contribution in [0.25, 0.3) is 0 Å². The number of nitrogens with zero attached hydrogens (tertiary/aromatic N) is 1. The Morgan fingerprint density at radius 2 is 1.90 bits per heavy atom. The van der Waals surface area contributed by atoms with Gasteiger partial charge in [-0.15, -0.1) is 0 Å². The van der Waals surface area contributed by atoms with Gasteiger partial charge in [-0.2, -0.15) is 5.26 Å². The maximum atomic E-state index is 14.0. The fourth-order valence-electron chi connectivity index (χ4n) is 1.80. The minimum absolute atomic E-state index is 0.192. The first kappa shape index (κ1) is 14.4. The third kappa shape index (κ3) is 3.28. The summed E-state index contributed by atoms with van der Waals surface area (Å²) in [5, 5.41) is 11.8. The molecular formula is C15H13BrFN3. The van der Waals surface area contributed by atoms with E-state index in [1.165, 1.54) is 0 Å². The quantitative estimate of drug-likeness (QED) is 0.838. The monoisotopic (exact) mass is 333 g/mol. The zero-order valence-electron chi connectivity index (χ0n) is 10.7. The van der Waals surface area contributed by atoms with Crippen LogP contribution in [-0.2, 0) is 6.42 Å². The molecule has 2 aromatic rings. The van der Waals surface area contributed by atoms with Crippen LogP contribution in [0.2, 0.25) is 0 Å². The molecule has 0 heterocycles. The highest BCUT2D eigenvalue weighted by Crippen LogP contribution is 2.26. The molecule has 0 fully saturated rings. The van der Waals surface area contributed by atoms with Crippen molar-refractivity contribution >= 4 is 27.3 Å². The van der Waals surface area contributed by atoms with E-state index in [0.29, 0.717) is 12.2 Å². The number of nitrogen functional groups attached to an aromatic ring is 1. The summed E-state index contributed by atoms with van der Waals surface area (Å²) in [5.74, 6) is -0.443. The molecule has 3 N–H and O–H groups in total. The summed E-state index contributed by atoms with van der Waals surface area (Å²) in [5.41, 5.74) is 8.13.